The van der Waals surface area contributed by atoms with Gasteiger partial charge in [0.15, 0.2) is 6.10 Å². The second kappa shape index (κ2) is 24.8. The maximum atomic E-state index is 12.0. The zero-order valence-corrected chi connectivity index (χ0v) is 24.7. The number of carboxylic acids is 6. The first-order valence-electron chi connectivity index (χ1n) is 8.43. The predicted molar refractivity (Wildman–Crippen MR) is 127 cm³/mol. The molecule has 0 fully saturated rings. The Hall–Kier alpha value is -1.96. The minimum atomic E-state index is -3.20. The van der Waals surface area contributed by atoms with Gasteiger partial charge in [0.25, 0.3) is 0 Å². The molecule has 22 nitrogen and oxygen atoms in total. The van der Waals surface area contributed by atoms with Crippen molar-refractivity contribution in [1.29, 1.82) is 0 Å². The molecule has 1 atom stereocenters. The Morgan fingerprint density at radius 2 is 0.800 bits per heavy atom. The summed E-state index contributed by atoms with van der Waals surface area (Å²) in [7, 11) is 0. The van der Waals surface area contributed by atoms with E-state index in [4.69, 9.17) is 30.6 Å². The molecule has 1 unspecified atom stereocenters. The standard InChI is InChI=1S/C16H18O17.2Ca.5H2O.4H/c17-6(12(27)33-16(14(30)31,4-9(22)23)5-10(24)25)1-11(26)32-15(13(28)29,2-7(18)19)3-8(20)21;;;;;;;;;;;/h6,17H,1-5H2,(H,18,19)(H,20,21)(H,22,23)(H,24,25)(H,28,29)(H,30,31);;;5*1H2;;;;/q;2*+2;;;;;;4*-1. The van der Waals surface area contributed by atoms with Crippen molar-refractivity contribution in [3.05, 3.63) is 0 Å². The maximum absolute atomic E-state index is 12.0. The largest absolute Gasteiger partial charge is 2.00 e. The predicted octanol–water partition coefficient (Wildman–Crippen LogP) is -7.07. The third kappa shape index (κ3) is 19.2. The molecule has 0 aliphatic rings. The molecule has 0 aliphatic heterocycles. The summed E-state index contributed by atoms with van der Waals surface area (Å²) in [5.74, 6) is -15.9. The molecule has 0 radical (unpaired) electrons. The van der Waals surface area contributed by atoms with Gasteiger partial charge in [-0.1, -0.05) is 0 Å². The molecule has 0 aromatic heterocycles. The van der Waals surface area contributed by atoms with Crippen LogP contribution in [0.15, 0.2) is 0 Å². The minimum absolute atomic E-state index is 0. The van der Waals surface area contributed by atoms with Crippen molar-refractivity contribution in [3.8, 4) is 0 Å². The summed E-state index contributed by atoms with van der Waals surface area (Å²) in [5.41, 5.74) is -6.34. The Morgan fingerprint density at radius 1 is 0.550 bits per heavy atom. The van der Waals surface area contributed by atoms with Gasteiger partial charge < -0.3 is 78.3 Å². The molecule has 232 valence electrons. The number of carbonyl (C=O) groups is 8. The van der Waals surface area contributed by atoms with E-state index in [1.807, 2.05) is 0 Å². The normalized spacial score (nSPS) is 10.0. The number of hydrogen-bond acceptors (Lipinski definition) is 11. The maximum Gasteiger partial charge on any atom is 2.00 e. The Kier molecular flexibility index (Phi) is 35.9. The SMILES string of the molecule is O.O.O.O.O.O=C(O)CC(CC(=O)O)(OC(=O)CC(O)C(=O)OC(CC(=O)O)(CC(=O)O)C(=O)O)C(=O)O.[Ca+2].[Ca+2].[H-].[H-].[H-].[H-]. The average molecular weight is 657 g/mol. The van der Waals surface area contributed by atoms with Gasteiger partial charge in [0.2, 0.25) is 11.2 Å². The van der Waals surface area contributed by atoms with E-state index < -0.39 is 97.2 Å². The van der Waals surface area contributed by atoms with Gasteiger partial charge in [-0.05, 0) is 0 Å². The quantitative estimate of drug-likeness (QED) is 0.0635. The van der Waals surface area contributed by atoms with Gasteiger partial charge >= 0.3 is 123 Å². The average Bonchev–Trinajstić information content (AvgIpc) is 2.58. The second-order valence-electron chi connectivity index (χ2n) is 6.50. The van der Waals surface area contributed by atoms with Crippen molar-refractivity contribution >= 4 is 123 Å². The van der Waals surface area contributed by atoms with Crippen LogP contribution in [-0.2, 0) is 47.8 Å². The number of aliphatic carboxylic acids is 6. The first kappa shape index (κ1) is 57.8. The van der Waals surface area contributed by atoms with E-state index in [0.29, 0.717) is 0 Å². The zero-order valence-electron chi connectivity index (χ0n) is 24.2. The van der Waals surface area contributed by atoms with Crippen LogP contribution in [0.25, 0.3) is 0 Å². The molecule has 0 heterocycles. The second-order valence-corrected chi connectivity index (χ2v) is 6.50. The van der Waals surface area contributed by atoms with Crippen molar-refractivity contribution in [1.82, 2.24) is 0 Å². The molecule has 24 heteroatoms. The molecule has 0 aromatic rings. The van der Waals surface area contributed by atoms with Crippen molar-refractivity contribution in [2.45, 2.75) is 49.4 Å². The molecule has 0 aromatic carbocycles. The number of ether oxygens (including phenoxy) is 2. The molecule has 17 N–H and O–H groups in total. The van der Waals surface area contributed by atoms with Crippen LogP contribution in [0.1, 0.15) is 37.8 Å². The number of carbonyl (C=O) groups excluding carboxylic acids is 2. The number of carboxylic acid groups (broad SMARTS) is 6. The van der Waals surface area contributed by atoms with E-state index in [-0.39, 0.29) is 109 Å². The van der Waals surface area contributed by atoms with Gasteiger partial charge in [-0.15, -0.1) is 0 Å². The van der Waals surface area contributed by atoms with Crippen LogP contribution in [0, 0.1) is 0 Å². The molecule has 40 heavy (non-hydrogen) atoms. The van der Waals surface area contributed by atoms with Crippen LogP contribution < -0.4 is 0 Å². The minimum Gasteiger partial charge on any atom is -1.00 e. The summed E-state index contributed by atoms with van der Waals surface area (Å²) in [6, 6.07) is 0. The van der Waals surface area contributed by atoms with E-state index in [9.17, 15) is 43.5 Å². The Bertz CT molecular complexity index is 858. The smallest absolute Gasteiger partial charge is 1.00 e. The summed E-state index contributed by atoms with van der Waals surface area (Å²) in [4.78, 5) is 90.3. The van der Waals surface area contributed by atoms with Crippen LogP contribution in [0.5, 0.6) is 0 Å². The van der Waals surface area contributed by atoms with Crippen molar-refractivity contribution in [3.63, 3.8) is 0 Å². The van der Waals surface area contributed by atoms with E-state index >= 15 is 0 Å². The summed E-state index contributed by atoms with van der Waals surface area (Å²) >= 11 is 0. The molecule has 0 bridgehead atoms. The molecule has 0 saturated heterocycles. The van der Waals surface area contributed by atoms with Gasteiger partial charge in [-0.25, -0.2) is 14.4 Å². The summed E-state index contributed by atoms with van der Waals surface area (Å²) in [6.07, 6.45) is -10.4. The van der Waals surface area contributed by atoms with Crippen molar-refractivity contribution in [2.24, 2.45) is 0 Å². The van der Waals surface area contributed by atoms with E-state index in [2.05, 4.69) is 9.47 Å². The molecular formula is C16H32Ca2O22. The van der Waals surface area contributed by atoms with Crippen LogP contribution in [0.2, 0.25) is 0 Å². The topological polar surface area (TPSA) is 454 Å². The molecule has 0 aliphatic carbocycles. The summed E-state index contributed by atoms with van der Waals surface area (Å²) in [6.45, 7) is 0. The first-order chi connectivity index (χ1) is 15.0. The van der Waals surface area contributed by atoms with Crippen molar-refractivity contribution in [2.75, 3.05) is 0 Å². The van der Waals surface area contributed by atoms with Gasteiger partial charge in [0.1, 0.15) is 0 Å². The first-order valence-corrected chi connectivity index (χ1v) is 8.43. The monoisotopic (exact) mass is 656 g/mol. The summed E-state index contributed by atoms with van der Waals surface area (Å²) in [5, 5.41) is 63.3. The van der Waals surface area contributed by atoms with E-state index in [1.165, 1.54) is 0 Å². The number of rotatable bonds is 15. The molecule has 0 saturated carbocycles. The number of aliphatic hydroxyl groups is 1. The fourth-order valence-corrected chi connectivity index (χ4v) is 2.40. The molecule has 0 amide bonds. The van der Waals surface area contributed by atoms with Crippen LogP contribution in [-0.4, -0.2) is 204 Å². The van der Waals surface area contributed by atoms with E-state index in [1.54, 1.807) is 0 Å². The van der Waals surface area contributed by atoms with E-state index in [0.717, 1.165) is 0 Å². The van der Waals surface area contributed by atoms with Crippen LogP contribution in [0.3, 0.4) is 0 Å². The Balaban J connectivity index is -0.0000000931. The molecular weight excluding hydrogens is 624 g/mol. The fraction of sp³-hybridized carbons (Fsp3) is 0.500. The number of aliphatic hydroxyl groups excluding tert-OH is 1. The van der Waals surface area contributed by atoms with Gasteiger partial charge in [-0.3, -0.25) is 24.0 Å². The third-order valence-corrected chi connectivity index (χ3v) is 3.76. The van der Waals surface area contributed by atoms with Gasteiger partial charge in [0, 0.05) is 0 Å². The molecule has 0 spiro atoms. The third-order valence-electron chi connectivity index (χ3n) is 3.76. The zero-order chi connectivity index (χ0) is 26.1. The van der Waals surface area contributed by atoms with Crippen LogP contribution in [0.4, 0.5) is 0 Å². The Labute approximate surface area is 287 Å². The van der Waals surface area contributed by atoms with Crippen LogP contribution >= 0.6 is 0 Å². The summed E-state index contributed by atoms with van der Waals surface area (Å²) < 4.78 is 8.70. The molecule has 0 rings (SSSR count). The van der Waals surface area contributed by atoms with Gasteiger partial charge in [-0.2, -0.15) is 0 Å². The number of hydrogen-bond donors (Lipinski definition) is 7. The van der Waals surface area contributed by atoms with Crippen molar-refractivity contribution < 1.29 is 117 Å². The fourth-order valence-electron chi connectivity index (χ4n) is 2.40. The number of esters is 2. The van der Waals surface area contributed by atoms with Gasteiger partial charge in [0.05, 0.1) is 32.1 Å². The Morgan fingerprint density at radius 3 is 1.02 bits per heavy atom.